The first-order valence-corrected chi connectivity index (χ1v) is 7.66. The normalized spacial score (nSPS) is 37.6. The zero-order valence-corrected chi connectivity index (χ0v) is 13.2. The molecule has 5 nitrogen and oxygen atoms in total. The van der Waals surface area contributed by atoms with Gasteiger partial charge in [-0.3, -0.25) is 14.4 Å². The summed E-state index contributed by atoms with van der Waals surface area (Å²) in [6, 6.07) is 6.65. The van der Waals surface area contributed by atoms with Gasteiger partial charge in [-0.25, -0.2) is 4.90 Å². The molecule has 1 aromatic rings. The quantitative estimate of drug-likeness (QED) is 0.477. The van der Waals surface area contributed by atoms with Crippen molar-refractivity contribution >= 4 is 23.3 Å². The summed E-state index contributed by atoms with van der Waals surface area (Å²) in [4.78, 5) is 38.6. The Bertz CT molecular complexity index is 762. The lowest BCUT2D eigenvalue weighted by Crippen LogP contribution is -2.39. The predicted octanol–water partition coefficient (Wildman–Crippen LogP) is 2.11. The molecule has 2 bridgehead atoms. The number of hydrogen-bond donors (Lipinski definition) is 0. The average molecular weight is 311 g/mol. The number of anilines is 1. The molecular weight excluding hydrogens is 294 g/mol. The van der Waals surface area contributed by atoms with Crippen LogP contribution in [0.15, 0.2) is 36.4 Å². The van der Waals surface area contributed by atoms with Gasteiger partial charge in [0.2, 0.25) is 11.8 Å². The molecule has 0 saturated carbocycles. The Morgan fingerprint density at radius 1 is 1.09 bits per heavy atom. The van der Waals surface area contributed by atoms with Crippen molar-refractivity contribution in [1.29, 1.82) is 0 Å². The Morgan fingerprint density at radius 3 is 2.17 bits per heavy atom. The van der Waals surface area contributed by atoms with E-state index < -0.39 is 23.0 Å². The zero-order chi connectivity index (χ0) is 16.6. The van der Waals surface area contributed by atoms with Crippen molar-refractivity contribution in [1.82, 2.24) is 0 Å². The number of Topliss-reactive ketones (excluding diaryl/α,β-unsaturated/α-hetero) is 1. The van der Waals surface area contributed by atoms with Gasteiger partial charge >= 0.3 is 0 Å². The van der Waals surface area contributed by atoms with Crippen molar-refractivity contribution < 1.29 is 19.1 Å². The van der Waals surface area contributed by atoms with E-state index in [9.17, 15) is 14.4 Å². The Morgan fingerprint density at radius 2 is 1.65 bits per heavy atom. The van der Waals surface area contributed by atoms with Gasteiger partial charge in [-0.05, 0) is 32.9 Å². The minimum atomic E-state index is -0.737. The van der Waals surface area contributed by atoms with E-state index in [1.807, 2.05) is 26.0 Å². The summed E-state index contributed by atoms with van der Waals surface area (Å²) in [6.45, 7) is 5.15. The van der Waals surface area contributed by atoms with Crippen molar-refractivity contribution in [3.05, 3.63) is 42.0 Å². The van der Waals surface area contributed by atoms with Crippen molar-refractivity contribution in [2.24, 2.45) is 11.8 Å². The van der Waals surface area contributed by atoms with Crippen LogP contribution in [0.3, 0.4) is 0 Å². The number of rotatable bonds is 2. The number of fused-ring (bicyclic) bond motifs is 5. The average Bonchev–Trinajstić information content (AvgIpc) is 3.04. The molecule has 118 valence electrons. The highest BCUT2D eigenvalue weighted by Crippen LogP contribution is 2.57. The van der Waals surface area contributed by atoms with Crippen LogP contribution in [-0.2, 0) is 14.3 Å². The van der Waals surface area contributed by atoms with Gasteiger partial charge in [0.15, 0.2) is 5.78 Å². The van der Waals surface area contributed by atoms with Crippen molar-refractivity contribution in [2.75, 3.05) is 4.90 Å². The molecule has 0 unspecified atom stereocenters. The van der Waals surface area contributed by atoms with Gasteiger partial charge in [-0.2, -0.15) is 0 Å². The molecule has 5 heteroatoms. The highest BCUT2D eigenvalue weighted by Gasteiger charge is 2.70. The number of ketones is 1. The van der Waals surface area contributed by atoms with Crippen LogP contribution < -0.4 is 4.90 Å². The van der Waals surface area contributed by atoms with Crippen LogP contribution in [0.25, 0.3) is 0 Å². The number of carbonyl (C=O) groups is 3. The van der Waals surface area contributed by atoms with Gasteiger partial charge in [0.05, 0.1) is 28.7 Å². The fraction of sp³-hybridized carbons (Fsp3) is 0.389. The summed E-state index contributed by atoms with van der Waals surface area (Å²) in [5.41, 5.74) is -0.540. The van der Waals surface area contributed by atoms with Crippen LogP contribution in [0.5, 0.6) is 0 Å². The SMILES string of the molecule is CC(=O)c1cccc(N2C(=O)[C@H]3[C@H](C2=O)[C@@]2(C)C=C[C@@]3(C)O2)c1. The van der Waals surface area contributed by atoms with Gasteiger partial charge in [0, 0.05) is 5.56 Å². The third kappa shape index (κ3) is 1.68. The largest absolute Gasteiger partial charge is 0.359 e. The van der Waals surface area contributed by atoms with E-state index in [2.05, 4.69) is 0 Å². The van der Waals surface area contributed by atoms with Crippen LogP contribution >= 0.6 is 0 Å². The molecule has 4 rings (SSSR count). The molecule has 3 heterocycles. The van der Waals surface area contributed by atoms with E-state index in [4.69, 9.17) is 4.74 Å². The van der Waals surface area contributed by atoms with Gasteiger partial charge in [-0.15, -0.1) is 0 Å². The monoisotopic (exact) mass is 311 g/mol. The molecule has 2 fully saturated rings. The summed E-state index contributed by atoms with van der Waals surface area (Å²) >= 11 is 0. The van der Waals surface area contributed by atoms with E-state index in [1.165, 1.54) is 11.8 Å². The van der Waals surface area contributed by atoms with Crippen molar-refractivity contribution in [3.8, 4) is 0 Å². The number of carbonyl (C=O) groups excluding carboxylic acids is 3. The third-order valence-corrected chi connectivity index (χ3v) is 5.24. The minimum Gasteiger partial charge on any atom is -0.359 e. The predicted molar refractivity (Wildman–Crippen MR) is 83.0 cm³/mol. The molecule has 0 aromatic heterocycles. The van der Waals surface area contributed by atoms with Crippen LogP contribution in [0.2, 0.25) is 0 Å². The Kier molecular flexibility index (Phi) is 2.60. The highest BCUT2D eigenvalue weighted by atomic mass is 16.5. The highest BCUT2D eigenvalue weighted by molar-refractivity contribution is 6.23. The van der Waals surface area contributed by atoms with Gasteiger partial charge in [-0.1, -0.05) is 24.3 Å². The molecule has 2 saturated heterocycles. The first-order valence-electron chi connectivity index (χ1n) is 7.66. The number of imide groups is 1. The molecule has 0 aliphatic carbocycles. The zero-order valence-electron chi connectivity index (χ0n) is 13.2. The first-order chi connectivity index (χ1) is 10.8. The Labute approximate surface area is 133 Å². The Balaban J connectivity index is 1.79. The number of ether oxygens (including phenoxy) is 1. The molecule has 4 atom stereocenters. The maximum atomic E-state index is 12.9. The maximum Gasteiger partial charge on any atom is 0.241 e. The molecule has 3 aliphatic heterocycles. The lowest BCUT2D eigenvalue weighted by molar-refractivity contribution is -0.128. The second-order valence-electron chi connectivity index (χ2n) is 6.88. The number of hydrogen-bond acceptors (Lipinski definition) is 4. The molecule has 2 amide bonds. The molecular formula is C18H17NO4. The molecule has 0 N–H and O–H groups in total. The maximum absolute atomic E-state index is 12.9. The summed E-state index contributed by atoms with van der Waals surface area (Å²) in [7, 11) is 0. The third-order valence-electron chi connectivity index (χ3n) is 5.24. The second kappa shape index (κ2) is 4.17. The number of benzene rings is 1. The fourth-order valence-corrected chi connectivity index (χ4v) is 4.15. The summed E-state index contributed by atoms with van der Waals surface area (Å²) in [6.07, 6.45) is 3.77. The van der Waals surface area contributed by atoms with E-state index in [0.29, 0.717) is 11.3 Å². The first kappa shape index (κ1) is 14.3. The summed E-state index contributed by atoms with van der Waals surface area (Å²) in [5.74, 6) is -1.63. The second-order valence-corrected chi connectivity index (χ2v) is 6.88. The van der Waals surface area contributed by atoms with E-state index >= 15 is 0 Å². The fourth-order valence-electron chi connectivity index (χ4n) is 4.15. The lowest BCUT2D eigenvalue weighted by Gasteiger charge is -2.25. The topological polar surface area (TPSA) is 63.7 Å². The van der Waals surface area contributed by atoms with Crippen LogP contribution in [0.4, 0.5) is 5.69 Å². The van der Waals surface area contributed by atoms with E-state index in [0.717, 1.165) is 0 Å². The minimum absolute atomic E-state index is 0.102. The Hall–Kier alpha value is -2.27. The number of nitrogens with zero attached hydrogens (tertiary/aromatic N) is 1. The smallest absolute Gasteiger partial charge is 0.241 e. The van der Waals surface area contributed by atoms with Crippen molar-refractivity contribution in [3.63, 3.8) is 0 Å². The summed E-state index contributed by atoms with van der Waals surface area (Å²) in [5, 5.41) is 0. The van der Waals surface area contributed by atoms with Crippen LogP contribution in [0, 0.1) is 11.8 Å². The van der Waals surface area contributed by atoms with Gasteiger partial charge in [0.25, 0.3) is 0 Å². The molecule has 0 radical (unpaired) electrons. The molecule has 23 heavy (non-hydrogen) atoms. The van der Waals surface area contributed by atoms with Gasteiger partial charge < -0.3 is 4.74 Å². The molecule has 3 aliphatic rings. The molecule has 1 aromatic carbocycles. The number of amides is 2. The van der Waals surface area contributed by atoms with E-state index in [1.54, 1.807) is 24.3 Å². The van der Waals surface area contributed by atoms with Gasteiger partial charge in [0.1, 0.15) is 0 Å². The molecule has 0 spiro atoms. The standard InChI is InChI=1S/C18H17NO4/c1-10(20)11-5-4-6-12(9-11)19-15(21)13-14(16(19)22)18(3)8-7-17(13,2)23-18/h4-9,13-14H,1-3H3/t13-,14-,17-,18-/m1/s1. The lowest BCUT2D eigenvalue weighted by atomic mass is 9.73. The van der Waals surface area contributed by atoms with E-state index in [-0.39, 0.29) is 17.6 Å². The summed E-state index contributed by atoms with van der Waals surface area (Å²) < 4.78 is 5.97. The van der Waals surface area contributed by atoms with Crippen molar-refractivity contribution in [2.45, 2.75) is 32.0 Å². The van der Waals surface area contributed by atoms with Crippen LogP contribution in [-0.4, -0.2) is 28.8 Å². The van der Waals surface area contributed by atoms with Crippen LogP contribution in [0.1, 0.15) is 31.1 Å².